The van der Waals surface area contributed by atoms with Crippen LogP contribution in [0.4, 0.5) is 4.39 Å². The van der Waals surface area contributed by atoms with Crippen molar-refractivity contribution in [3.8, 4) is 0 Å². The molecule has 0 aromatic heterocycles. The van der Waals surface area contributed by atoms with Crippen LogP contribution < -0.4 is 5.73 Å². The SMILES string of the molecule is N/C(=N/O)c1ccc(Sc2cccc(Br)c2)c(F)c1Br. The van der Waals surface area contributed by atoms with Crippen LogP contribution in [0.15, 0.2) is 60.3 Å². The van der Waals surface area contributed by atoms with Crippen molar-refractivity contribution in [2.45, 2.75) is 9.79 Å². The number of oxime groups is 1. The molecule has 3 nitrogen and oxygen atoms in total. The molecule has 7 heteroatoms. The van der Waals surface area contributed by atoms with Crippen LogP contribution in [0.25, 0.3) is 0 Å². The predicted octanol–water partition coefficient (Wildman–Crippen LogP) is 4.60. The van der Waals surface area contributed by atoms with E-state index in [1.54, 1.807) is 12.1 Å². The minimum atomic E-state index is -0.445. The van der Waals surface area contributed by atoms with Gasteiger partial charge in [0.15, 0.2) is 11.7 Å². The summed E-state index contributed by atoms with van der Waals surface area (Å²) in [6, 6.07) is 10.8. The Morgan fingerprint density at radius 1 is 1.25 bits per heavy atom. The summed E-state index contributed by atoms with van der Waals surface area (Å²) in [6.45, 7) is 0. The quantitative estimate of drug-likeness (QED) is 0.331. The first kappa shape index (κ1) is 15.3. The van der Waals surface area contributed by atoms with Crippen LogP contribution in [-0.4, -0.2) is 11.0 Å². The highest BCUT2D eigenvalue weighted by Crippen LogP contribution is 2.35. The fraction of sp³-hybridized carbons (Fsp3) is 0. The molecule has 104 valence electrons. The van der Waals surface area contributed by atoms with Crippen molar-refractivity contribution in [1.29, 1.82) is 0 Å². The maximum atomic E-state index is 14.3. The molecule has 0 heterocycles. The molecule has 0 saturated heterocycles. The number of benzene rings is 2. The average molecular weight is 420 g/mol. The van der Waals surface area contributed by atoms with Crippen molar-refractivity contribution in [3.05, 3.63) is 56.7 Å². The third kappa shape index (κ3) is 3.34. The van der Waals surface area contributed by atoms with Gasteiger partial charge in [0.2, 0.25) is 0 Å². The number of rotatable bonds is 3. The van der Waals surface area contributed by atoms with Crippen molar-refractivity contribution in [2.75, 3.05) is 0 Å². The average Bonchev–Trinajstić information content (AvgIpc) is 2.43. The molecule has 0 atom stereocenters. The lowest BCUT2D eigenvalue weighted by atomic mass is 10.2. The van der Waals surface area contributed by atoms with Crippen molar-refractivity contribution < 1.29 is 9.60 Å². The van der Waals surface area contributed by atoms with E-state index in [1.807, 2.05) is 24.3 Å². The molecule has 0 aliphatic heterocycles. The van der Waals surface area contributed by atoms with E-state index in [4.69, 9.17) is 10.9 Å². The first-order valence-corrected chi connectivity index (χ1v) is 7.82. The van der Waals surface area contributed by atoms with Crippen LogP contribution in [0.3, 0.4) is 0 Å². The van der Waals surface area contributed by atoms with Gasteiger partial charge in [-0.25, -0.2) is 4.39 Å². The Morgan fingerprint density at radius 3 is 2.65 bits per heavy atom. The second kappa shape index (κ2) is 6.60. The predicted molar refractivity (Wildman–Crippen MR) is 84.9 cm³/mol. The van der Waals surface area contributed by atoms with Gasteiger partial charge >= 0.3 is 0 Å². The lowest BCUT2D eigenvalue weighted by molar-refractivity contribution is 0.318. The molecule has 2 aromatic rings. The van der Waals surface area contributed by atoms with E-state index in [1.165, 1.54) is 11.8 Å². The van der Waals surface area contributed by atoms with Gasteiger partial charge in [0, 0.05) is 19.8 Å². The lowest BCUT2D eigenvalue weighted by Crippen LogP contribution is -2.14. The van der Waals surface area contributed by atoms with Gasteiger partial charge in [0.05, 0.1) is 4.47 Å². The molecule has 0 aliphatic rings. The summed E-state index contributed by atoms with van der Waals surface area (Å²) < 4.78 is 15.4. The molecule has 20 heavy (non-hydrogen) atoms. The second-order valence-corrected chi connectivity index (χ2v) is 6.61. The smallest absolute Gasteiger partial charge is 0.171 e. The summed E-state index contributed by atoms with van der Waals surface area (Å²) in [5, 5.41) is 11.5. The van der Waals surface area contributed by atoms with Crippen LogP contribution in [0.5, 0.6) is 0 Å². The second-order valence-electron chi connectivity index (χ2n) is 3.78. The van der Waals surface area contributed by atoms with Crippen LogP contribution >= 0.6 is 43.6 Å². The van der Waals surface area contributed by atoms with Gasteiger partial charge in [0.25, 0.3) is 0 Å². The van der Waals surface area contributed by atoms with Gasteiger partial charge in [-0.2, -0.15) is 0 Å². The normalized spacial score (nSPS) is 11.7. The monoisotopic (exact) mass is 418 g/mol. The standard InChI is InChI=1S/C13H9Br2FN2OS/c14-7-2-1-3-8(6-7)20-10-5-4-9(13(17)18-19)11(15)12(10)16/h1-6,19H,(H2,17,18). The van der Waals surface area contributed by atoms with Crippen LogP contribution in [-0.2, 0) is 0 Å². The number of hydrogen-bond donors (Lipinski definition) is 2. The van der Waals surface area contributed by atoms with E-state index in [2.05, 4.69) is 37.0 Å². The summed E-state index contributed by atoms with van der Waals surface area (Å²) in [5.74, 6) is -0.589. The topological polar surface area (TPSA) is 58.6 Å². The van der Waals surface area contributed by atoms with Crippen molar-refractivity contribution in [1.82, 2.24) is 0 Å². The third-order valence-corrected chi connectivity index (χ3v) is 4.75. The number of hydrogen-bond acceptors (Lipinski definition) is 3. The van der Waals surface area contributed by atoms with Gasteiger partial charge in [-0.3, -0.25) is 0 Å². The molecule has 0 bridgehead atoms. The number of amidine groups is 1. The van der Waals surface area contributed by atoms with Gasteiger partial charge in [-0.15, -0.1) is 0 Å². The van der Waals surface area contributed by atoms with Crippen LogP contribution in [0.1, 0.15) is 5.56 Å². The Bertz CT molecular complexity index is 679. The summed E-state index contributed by atoms with van der Waals surface area (Å²) >= 11 is 7.80. The Labute approximate surface area is 136 Å². The van der Waals surface area contributed by atoms with Crippen molar-refractivity contribution in [2.24, 2.45) is 10.9 Å². The fourth-order valence-electron chi connectivity index (χ4n) is 1.52. The van der Waals surface area contributed by atoms with Crippen LogP contribution in [0.2, 0.25) is 0 Å². The maximum absolute atomic E-state index is 14.3. The van der Waals surface area contributed by atoms with Crippen molar-refractivity contribution in [3.63, 3.8) is 0 Å². The zero-order valence-electron chi connectivity index (χ0n) is 9.98. The molecule has 0 radical (unpaired) electrons. The Hall–Kier alpha value is -1.05. The minimum Gasteiger partial charge on any atom is -0.409 e. The number of nitrogens with two attached hydrogens (primary N) is 1. The highest BCUT2D eigenvalue weighted by Gasteiger charge is 2.14. The molecule has 2 aromatic carbocycles. The van der Waals surface area contributed by atoms with E-state index in [0.29, 0.717) is 10.5 Å². The number of halogens is 3. The highest BCUT2D eigenvalue weighted by atomic mass is 79.9. The van der Waals surface area contributed by atoms with Crippen molar-refractivity contribution >= 4 is 49.5 Å². The minimum absolute atomic E-state index is 0.144. The van der Waals surface area contributed by atoms with Gasteiger partial charge in [-0.1, -0.05) is 38.9 Å². The fourth-order valence-corrected chi connectivity index (χ4v) is 3.66. The molecule has 0 fully saturated rings. The largest absolute Gasteiger partial charge is 0.409 e. The van der Waals surface area contributed by atoms with E-state index in [-0.39, 0.29) is 10.3 Å². The Morgan fingerprint density at radius 2 is 2.00 bits per heavy atom. The van der Waals surface area contributed by atoms with Crippen LogP contribution in [0, 0.1) is 5.82 Å². The zero-order chi connectivity index (χ0) is 14.7. The van der Waals surface area contributed by atoms with Gasteiger partial charge in [0.1, 0.15) is 0 Å². The van der Waals surface area contributed by atoms with E-state index < -0.39 is 5.82 Å². The Balaban J connectivity index is 2.37. The summed E-state index contributed by atoms with van der Waals surface area (Å²) in [6.07, 6.45) is 0. The maximum Gasteiger partial charge on any atom is 0.171 e. The zero-order valence-corrected chi connectivity index (χ0v) is 14.0. The molecular weight excluding hydrogens is 411 g/mol. The molecule has 0 unspecified atom stereocenters. The van der Waals surface area contributed by atoms with Gasteiger partial charge in [-0.05, 0) is 46.3 Å². The molecule has 0 amide bonds. The van der Waals surface area contributed by atoms with E-state index in [9.17, 15) is 4.39 Å². The first-order valence-electron chi connectivity index (χ1n) is 5.42. The highest BCUT2D eigenvalue weighted by molar-refractivity contribution is 9.10. The molecule has 2 rings (SSSR count). The molecule has 0 saturated carbocycles. The summed E-state index contributed by atoms with van der Waals surface area (Å²) in [4.78, 5) is 1.35. The molecular formula is C13H9Br2FN2OS. The molecule has 3 N–H and O–H groups in total. The summed E-state index contributed by atoms with van der Waals surface area (Å²) in [5.41, 5.74) is 5.79. The molecule has 0 spiro atoms. The van der Waals surface area contributed by atoms with Gasteiger partial charge < -0.3 is 10.9 Å². The first-order chi connectivity index (χ1) is 9.52. The Kier molecular flexibility index (Phi) is 5.06. The summed E-state index contributed by atoms with van der Waals surface area (Å²) in [7, 11) is 0. The third-order valence-electron chi connectivity index (χ3n) is 2.45. The van der Waals surface area contributed by atoms with E-state index >= 15 is 0 Å². The van der Waals surface area contributed by atoms with E-state index in [0.717, 1.165) is 9.37 Å². The number of nitrogens with zero attached hydrogens (tertiary/aromatic N) is 1. The lowest BCUT2D eigenvalue weighted by Gasteiger charge is -2.08. The molecule has 0 aliphatic carbocycles.